The largest absolute Gasteiger partial charge is 0.394 e. The number of non-ortho nitro benzene ring substituents is 1. The molecule has 38 nitrogen and oxygen atoms in total. The number of aliphatic imine (C=N–C) groups is 2. The summed E-state index contributed by atoms with van der Waals surface area (Å²) in [6.07, 6.45) is -0.142. The van der Waals surface area contributed by atoms with Gasteiger partial charge < -0.3 is 115 Å². The molecule has 0 bridgehead atoms. The molecule has 0 aromatic heterocycles. The average Bonchev–Trinajstić information content (AvgIpc) is 0.927. The number of nitro groups is 1. The van der Waals surface area contributed by atoms with Crippen LogP contribution in [0, 0.1) is 10.1 Å². The lowest BCUT2D eigenvalue weighted by atomic mass is 10.0. The lowest BCUT2D eigenvalue weighted by Gasteiger charge is -2.26. The smallest absolute Gasteiger partial charge is 0.269 e. The number of rotatable bonds is 46. The molecule has 2 rings (SSSR count). The van der Waals surface area contributed by atoms with Crippen LogP contribution in [-0.2, 0) is 70.4 Å². The summed E-state index contributed by atoms with van der Waals surface area (Å²) in [5.74, 6) is -11.7. The van der Waals surface area contributed by atoms with Crippen molar-refractivity contribution in [2.45, 2.75) is 164 Å². The van der Waals surface area contributed by atoms with Gasteiger partial charge in [-0.25, -0.2) is 0 Å². The monoisotopic (exact) mass is 1370 g/mol. The van der Waals surface area contributed by atoms with Gasteiger partial charge in [0.25, 0.3) is 5.69 Å². The molecule has 0 saturated carbocycles. The van der Waals surface area contributed by atoms with E-state index in [-0.39, 0.29) is 95.0 Å². The van der Waals surface area contributed by atoms with E-state index in [0.717, 1.165) is 24.6 Å². The Morgan fingerprint density at radius 3 is 1.35 bits per heavy atom. The normalized spacial score (nSPS) is 14.3. The number of unbranched alkanes of at least 4 members (excludes halogenated alkanes) is 2. The van der Waals surface area contributed by atoms with Gasteiger partial charge in [-0.05, 0) is 116 Å². The van der Waals surface area contributed by atoms with E-state index in [1.54, 1.807) is 30.3 Å². The second-order valence-electron chi connectivity index (χ2n) is 22.6. The summed E-state index contributed by atoms with van der Waals surface area (Å²) in [5.41, 5.74) is 45.4. The first kappa shape index (κ1) is 82.9. The van der Waals surface area contributed by atoms with Crippen LogP contribution in [0.25, 0.3) is 0 Å². The topological polar surface area (TPSA) is 654 Å². The Morgan fingerprint density at radius 2 is 0.887 bits per heavy atom. The van der Waals surface area contributed by atoms with Crippen molar-refractivity contribution in [1.29, 1.82) is 0 Å². The number of benzene rings is 2. The third-order valence-electron chi connectivity index (χ3n) is 14.5. The second-order valence-corrected chi connectivity index (χ2v) is 22.6. The molecule has 12 amide bonds. The summed E-state index contributed by atoms with van der Waals surface area (Å²) in [6, 6.07) is -0.515. The minimum absolute atomic E-state index is 0.0368. The summed E-state index contributed by atoms with van der Waals surface area (Å²) in [6.45, 7) is 1.59. The highest BCUT2D eigenvalue weighted by Gasteiger charge is 2.35. The van der Waals surface area contributed by atoms with Crippen molar-refractivity contribution in [3.05, 3.63) is 75.8 Å². The minimum atomic E-state index is -1.79. The molecule has 97 heavy (non-hydrogen) atoms. The number of aliphatic hydroxyl groups excluding tert-OH is 2. The molecule has 0 heterocycles. The SMILES string of the molecule is C[C@H](NC(=O)CNC(=O)[C@@H](NC(=O)[C@H](Cc1ccc([N+](=O)[O-])cc1)NC(=O)CNC(=O)[C@@H](N)Cc1ccccc1)[C@@H](C)O)C(=O)N[C@@H](CCCN=C(N)N)C(=O)N[C@@H](CCCCN)C(=O)N[C@@H](CO)C(=O)N[C@@H](C)C(=O)N[C@@H](CCCN=C(N)N)C(=O)N[C@@H](CCCCN)C(N)=O. The number of carbonyl (C=O) groups is 12. The van der Waals surface area contributed by atoms with E-state index in [2.05, 4.69) is 68.5 Å². The van der Waals surface area contributed by atoms with E-state index in [1.165, 1.54) is 26.0 Å². The maximum Gasteiger partial charge on any atom is 0.269 e. The number of nitrogens with two attached hydrogens (primary N) is 8. The quantitative estimate of drug-likeness (QED) is 0.00962. The lowest BCUT2D eigenvalue weighted by molar-refractivity contribution is -0.384. The van der Waals surface area contributed by atoms with Crippen LogP contribution in [0.5, 0.6) is 0 Å². The molecule has 538 valence electrons. The maximum absolute atomic E-state index is 14.1. The molecule has 0 unspecified atom stereocenters. The van der Waals surface area contributed by atoms with Crippen LogP contribution in [0.15, 0.2) is 64.6 Å². The van der Waals surface area contributed by atoms with E-state index < -0.39 is 162 Å². The van der Waals surface area contributed by atoms with Crippen molar-refractivity contribution in [3.63, 3.8) is 0 Å². The molecular weight excluding hydrogens is 1270 g/mol. The van der Waals surface area contributed by atoms with E-state index >= 15 is 0 Å². The van der Waals surface area contributed by atoms with Gasteiger partial charge in [0, 0.05) is 31.6 Å². The van der Waals surface area contributed by atoms with E-state index in [1.807, 2.05) is 0 Å². The molecule has 0 fully saturated rings. The van der Waals surface area contributed by atoms with Gasteiger partial charge in [-0.3, -0.25) is 77.6 Å². The fourth-order valence-electron chi connectivity index (χ4n) is 9.07. The molecule has 38 heteroatoms. The van der Waals surface area contributed by atoms with Gasteiger partial charge in [-0.15, -0.1) is 0 Å². The van der Waals surface area contributed by atoms with Crippen LogP contribution in [0.1, 0.15) is 96.1 Å². The summed E-state index contributed by atoms with van der Waals surface area (Å²) >= 11 is 0. The molecule has 0 spiro atoms. The average molecular weight is 1370 g/mol. The van der Waals surface area contributed by atoms with Crippen LogP contribution in [0.3, 0.4) is 0 Å². The standard InChI is InChI=1S/C59H96N22O16/c1-32(72-45(84)29-71-57(95)47(34(3)83)80-55(93)43(28-36-19-21-37(22-20-36)81(96)97)74-46(85)30-70-51(89)38(62)27-35-13-5-4-6-14-35)49(87)76-42(18-12-26-69-59(66)67)53(91)78-40(16-8-10-24-61)54(92)79-44(31-82)56(94)73-33(2)50(88)77-41(17-11-25-68-58(64)65)52(90)75-39(48(63)86)15-7-9-23-60/h4-6,13-14,19-22,32-34,38-44,47,82-83H,7-12,15-18,23-31,60-62H2,1-3H3,(H2,63,86)(H,70,89)(H,71,95)(H,72,84)(H,73,94)(H,74,85)(H,75,90)(H,76,87)(H,77,88)(H,78,91)(H,79,92)(H,80,93)(H4,64,65,68)(H4,66,67,69)/t32-,33-,34+,38-,39-,40-,41-,42-,43-,44-,47-/m0/s1. The van der Waals surface area contributed by atoms with Gasteiger partial charge in [-0.2, -0.15) is 0 Å². The number of guanidine groups is 2. The number of nitrogens with zero attached hydrogens (tertiary/aromatic N) is 3. The molecule has 0 saturated heterocycles. The van der Waals surface area contributed by atoms with Gasteiger partial charge in [0.2, 0.25) is 70.9 Å². The van der Waals surface area contributed by atoms with Crippen molar-refractivity contribution in [1.82, 2.24) is 58.5 Å². The third kappa shape index (κ3) is 32.7. The third-order valence-corrected chi connectivity index (χ3v) is 14.5. The van der Waals surface area contributed by atoms with E-state index in [4.69, 9.17) is 45.9 Å². The minimum Gasteiger partial charge on any atom is -0.394 e. The van der Waals surface area contributed by atoms with Crippen LogP contribution in [-0.4, -0.2) is 210 Å². The van der Waals surface area contributed by atoms with Gasteiger partial charge in [0.1, 0.15) is 54.4 Å². The number of hydrogen-bond donors (Lipinski definition) is 21. The van der Waals surface area contributed by atoms with Crippen molar-refractivity contribution < 1.29 is 72.7 Å². The van der Waals surface area contributed by atoms with Gasteiger partial charge in [-0.1, -0.05) is 42.5 Å². The van der Waals surface area contributed by atoms with Crippen molar-refractivity contribution in [2.24, 2.45) is 55.9 Å². The molecule has 0 aliphatic carbocycles. The zero-order valence-corrected chi connectivity index (χ0v) is 54.6. The first-order valence-corrected chi connectivity index (χ1v) is 31.3. The molecule has 11 atom stereocenters. The molecule has 2 aromatic rings. The Labute approximate surface area is 559 Å². The summed E-state index contributed by atoms with van der Waals surface area (Å²) in [5, 5.41) is 58.8. The highest BCUT2D eigenvalue weighted by Crippen LogP contribution is 2.15. The fraction of sp³-hybridized carbons (Fsp3) is 0.559. The Bertz CT molecular complexity index is 3010. The number of nitrogens with one attached hydrogen (secondary N) is 11. The molecular formula is C59H96N22O16. The number of aliphatic hydroxyl groups is 2. The van der Waals surface area contributed by atoms with Crippen LogP contribution >= 0.6 is 0 Å². The zero-order chi connectivity index (χ0) is 72.7. The second kappa shape index (κ2) is 44.5. The Morgan fingerprint density at radius 1 is 0.474 bits per heavy atom. The van der Waals surface area contributed by atoms with Crippen molar-refractivity contribution in [3.8, 4) is 0 Å². The molecule has 2 aromatic carbocycles. The zero-order valence-electron chi connectivity index (χ0n) is 54.6. The van der Waals surface area contributed by atoms with Gasteiger partial charge in [0.05, 0.1) is 36.8 Å². The number of primary amides is 1. The number of nitro benzene ring substituents is 1. The van der Waals surface area contributed by atoms with Crippen LogP contribution < -0.4 is 104 Å². The fourth-order valence-corrected chi connectivity index (χ4v) is 9.07. The van der Waals surface area contributed by atoms with Crippen molar-refractivity contribution >= 4 is 88.5 Å². The lowest BCUT2D eigenvalue weighted by Crippen LogP contribution is -2.60. The molecule has 29 N–H and O–H groups in total. The van der Waals surface area contributed by atoms with E-state index in [9.17, 15) is 77.9 Å². The maximum atomic E-state index is 14.1. The number of amides is 12. The Hall–Kier alpha value is -10.2. The predicted molar refractivity (Wildman–Crippen MR) is 353 cm³/mol. The molecule has 0 aliphatic rings. The van der Waals surface area contributed by atoms with Crippen LogP contribution in [0.2, 0.25) is 0 Å². The van der Waals surface area contributed by atoms with E-state index in [0.29, 0.717) is 31.4 Å². The van der Waals surface area contributed by atoms with Crippen molar-refractivity contribution in [2.75, 3.05) is 45.9 Å². The molecule has 0 radical (unpaired) electrons. The van der Waals surface area contributed by atoms with Gasteiger partial charge >= 0.3 is 0 Å². The van der Waals surface area contributed by atoms with Gasteiger partial charge in [0.15, 0.2) is 11.9 Å². The Balaban J connectivity index is 2.23. The number of hydrogen-bond acceptors (Lipinski definition) is 21. The summed E-state index contributed by atoms with van der Waals surface area (Å²) in [4.78, 5) is 180. The summed E-state index contributed by atoms with van der Waals surface area (Å²) in [7, 11) is 0. The number of carbonyl (C=O) groups excluding carboxylic acids is 12. The molecule has 0 aliphatic heterocycles. The summed E-state index contributed by atoms with van der Waals surface area (Å²) < 4.78 is 0. The highest BCUT2D eigenvalue weighted by atomic mass is 16.6. The van der Waals surface area contributed by atoms with Crippen LogP contribution in [0.4, 0.5) is 5.69 Å². The predicted octanol–water partition coefficient (Wildman–Crippen LogP) is -8.43. The first-order chi connectivity index (χ1) is 45.9. The Kier molecular flexibility index (Phi) is 38.0. The first-order valence-electron chi connectivity index (χ1n) is 31.3. The highest BCUT2D eigenvalue weighted by molar-refractivity contribution is 5.99.